The highest BCUT2D eigenvalue weighted by molar-refractivity contribution is 7.94. The van der Waals surface area contributed by atoms with Crippen molar-refractivity contribution in [1.29, 1.82) is 0 Å². The lowest BCUT2D eigenvalue weighted by molar-refractivity contribution is -0.123. The minimum absolute atomic E-state index is 0.215. The molecule has 0 saturated carbocycles. The van der Waals surface area contributed by atoms with Crippen LogP contribution in [0.1, 0.15) is 25.8 Å². The van der Waals surface area contributed by atoms with Crippen LogP contribution < -0.4 is 11.1 Å². The average Bonchev–Trinajstić information content (AvgIpc) is 2.67. The minimum atomic E-state index is -3.59. The largest absolute Gasteiger partial charge is 0.348 e. The van der Waals surface area contributed by atoms with Crippen LogP contribution >= 0.6 is 0 Å². The van der Waals surface area contributed by atoms with Crippen molar-refractivity contribution in [2.45, 2.75) is 43.7 Å². The molecule has 0 radical (unpaired) electrons. The normalized spacial score (nSPS) is 14.1. The van der Waals surface area contributed by atoms with Crippen LogP contribution in [0, 0.1) is 5.92 Å². The fraction of sp³-hybridized carbons (Fsp3) is 0.318. The Labute approximate surface area is 167 Å². The number of rotatable bonds is 9. The summed E-state index contributed by atoms with van der Waals surface area (Å²) in [4.78, 5) is 12.7. The molecule has 150 valence electrons. The van der Waals surface area contributed by atoms with Gasteiger partial charge in [-0.05, 0) is 36.5 Å². The molecule has 5 nitrogen and oxygen atoms in total. The summed E-state index contributed by atoms with van der Waals surface area (Å²) in [7, 11) is -3.59. The molecule has 2 atom stereocenters. The van der Waals surface area contributed by atoms with Gasteiger partial charge in [0.15, 0.2) is 9.84 Å². The summed E-state index contributed by atoms with van der Waals surface area (Å²) in [6.45, 7) is 4.00. The lowest BCUT2D eigenvalue weighted by Crippen LogP contribution is -2.46. The molecule has 0 aliphatic carbocycles. The first-order valence-electron chi connectivity index (χ1n) is 9.36. The summed E-state index contributed by atoms with van der Waals surface area (Å²) < 4.78 is 25.1. The smallest absolute Gasteiger partial charge is 0.237 e. The Morgan fingerprint density at radius 1 is 1.04 bits per heavy atom. The van der Waals surface area contributed by atoms with E-state index in [9.17, 15) is 13.2 Å². The fourth-order valence-corrected chi connectivity index (χ4v) is 3.92. The second kappa shape index (κ2) is 10.2. The molecule has 2 aromatic carbocycles. The molecular formula is C22H28N2O3S. The van der Waals surface area contributed by atoms with E-state index < -0.39 is 21.9 Å². The Morgan fingerprint density at radius 3 is 2.18 bits per heavy atom. The van der Waals surface area contributed by atoms with Crippen molar-refractivity contribution in [3.63, 3.8) is 0 Å². The van der Waals surface area contributed by atoms with Gasteiger partial charge in [-0.1, -0.05) is 68.5 Å². The van der Waals surface area contributed by atoms with Gasteiger partial charge in [-0.2, -0.15) is 0 Å². The fourth-order valence-electron chi connectivity index (χ4n) is 2.83. The maximum atomic E-state index is 12.5. The molecule has 0 aliphatic heterocycles. The van der Waals surface area contributed by atoms with Crippen molar-refractivity contribution in [2.75, 3.05) is 0 Å². The average molecular weight is 401 g/mol. The molecule has 1 amide bonds. The van der Waals surface area contributed by atoms with Crippen LogP contribution in [0.5, 0.6) is 0 Å². The summed E-state index contributed by atoms with van der Waals surface area (Å²) in [5.41, 5.74) is 6.97. The molecule has 2 aromatic rings. The lowest BCUT2D eigenvalue weighted by Gasteiger charge is -2.19. The Balaban J connectivity index is 2.19. The van der Waals surface area contributed by atoms with E-state index in [1.54, 1.807) is 30.3 Å². The van der Waals surface area contributed by atoms with Gasteiger partial charge in [-0.3, -0.25) is 4.79 Å². The van der Waals surface area contributed by atoms with Crippen molar-refractivity contribution in [3.05, 3.63) is 77.7 Å². The molecule has 0 bridgehead atoms. The Bertz CT molecular complexity index is 879. The van der Waals surface area contributed by atoms with E-state index in [2.05, 4.69) is 5.32 Å². The van der Waals surface area contributed by atoms with Crippen LogP contribution in [0.4, 0.5) is 0 Å². The predicted octanol–water partition coefficient (Wildman–Crippen LogP) is 3.07. The first-order valence-corrected chi connectivity index (χ1v) is 10.9. The number of carbonyl (C=O) groups is 1. The third-order valence-electron chi connectivity index (χ3n) is 4.25. The van der Waals surface area contributed by atoms with Crippen molar-refractivity contribution >= 4 is 15.7 Å². The van der Waals surface area contributed by atoms with E-state index in [1.807, 2.05) is 44.2 Å². The van der Waals surface area contributed by atoms with Gasteiger partial charge < -0.3 is 11.1 Å². The highest BCUT2D eigenvalue weighted by atomic mass is 32.2. The van der Waals surface area contributed by atoms with Gasteiger partial charge in [0.25, 0.3) is 0 Å². The van der Waals surface area contributed by atoms with Crippen LogP contribution in [0.3, 0.4) is 0 Å². The Morgan fingerprint density at radius 2 is 1.61 bits per heavy atom. The minimum Gasteiger partial charge on any atom is -0.348 e. The molecule has 0 aromatic heterocycles. The number of amides is 1. The Kier molecular flexibility index (Phi) is 7.96. The van der Waals surface area contributed by atoms with Crippen molar-refractivity contribution < 1.29 is 13.2 Å². The van der Waals surface area contributed by atoms with E-state index in [-0.39, 0.29) is 10.8 Å². The first-order chi connectivity index (χ1) is 13.3. The SMILES string of the molecule is CC(C)C[C@H](N)C(=O)N[C@H](/C=C/S(=O)(=O)c1ccccc1)Cc1ccccc1. The quantitative estimate of drug-likeness (QED) is 0.677. The second-order valence-corrected chi connectivity index (χ2v) is 9.06. The number of hydrogen-bond donors (Lipinski definition) is 2. The summed E-state index contributed by atoms with van der Waals surface area (Å²) in [6, 6.07) is 16.7. The standard InChI is InChI=1S/C22H28N2O3S/c1-17(2)15-21(23)22(25)24-19(16-18-9-5-3-6-10-18)13-14-28(26,27)20-11-7-4-8-12-20/h3-14,17,19,21H,15-16,23H2,1-2H3,(H,24,25)/b14-13+/t19-,21+/m1/s1. The van der Waals surface area contributed by atoms with Crippen LogP contribution in [-0.4, -0.2) is 26.4 Å². The molecular weight excluding hydrogens is 372 g/mol. The topological polar surface area (TPSA) is 89.3 Å². The second-order valence-electron chi connectivity index (χ2n) is 7.23. The van der Waals surface area contributed by atoms with Gasteiger partial charge in [-0.15, -0.1) is 0 Å². The van der Waals surface area contributed by atoms with Crippen molar-refractivity contribution in [1.82, 2.24) is 5.32 Å². The number of nitrogens with two attached hydrogens (primary N) is 1. The van der Waals surface area contributed by atoms with Gasteiger partial charge >= 0.3 is 0 Å². The molecule has 0 spiro atoms. The summed E-state index contributed by atoms with van der Waals surface area (Å²) >= 11 is 0. The van der Waals surface area contributed by atoms with E-state index in [0.29, 0.717) is 18.8 Å². The maximum Gasteiger partial charge on any atom is 0.237 e. The maximum absolute atomic E-state index is 12.5. The zero-order valence-corrected chi connectivity index (χ0v) is 17.1. The summed E-state index contributed by atoms with van der Waals surface area (Å²) in [5, 5.41) is 4.04. The number of hydrogen-bond acceptors (Lipinski definition) is 4. The molecule has 0 heterocycles. The molecule has 0 fully saturated rings. The van der Waals surface area contributed by atoms with Gasteiger partial charge in [0.05, 0.1) is 17.0 Å². The molecule has 3 N–H and O–H groups in total. The third kappa shape index (κ3) is 6.94. The van der Waals surface area contributed by atoms with Crippen LogP contribution in [0.25, 0.3) is 0 Å². The first kappa shape index (κ1) is 21.9. The molecule has 28 heavy (non-hydrogen) atoms. The highest BCUT2D eigenvalue weighted by Crippen LogP contribution is 2.13. The molecule has 0 aliphatic rings. The van der Waals surface area contributed by atoms with Crippen LogP contribution in [0.15, 0.2) is 77.0 Å². The van der Waals surface area contributed by atoms with Gasteiger partial charge in [0.2, 0.25) is 5.91 Å². The summed E-state index contributed by atoms with van der Waals surface area (Å²) in [6.07, 6.45) is 2.56. The lowest BCUT2D eigenvalue weighted by atomic mass is 10.0. The number of carbonyl (C=O) groups excluding carboxylic acids is 1. The van der Waals surface area contributed by atoms with E-state index in [0.717, 1.165) is 11.0 Å². The summed E-state index contributed by atoms with van der Waals surface area (Å²) in [5.74, 6) is 0.0127. The molecule has 0 unspecified atom stereocenters. The van der Waals surface area contributed by atoms with Crippen LogP contribution in [-0.2, 0) is 21.1 Å². The van der Waals surface area contributed by atoms with Gasteiger partial charge in [-0.25, -0.2) is 8.42 Å². The number of benzene rings is 2. The van der Waals surface area contributed by atoms with E-state index >= 15 is 0 Å². The molecule has 6 heteroatoms. The zero-order chi connectivity index (χ0) is 20.6. The molecule has 2 rings (SSSR count). The van der Waals surface area contributed by atoms with E-state index in [1.165, 1.54) is 6.08 Å². The van der Waals surface area contributed by atoms with Crippen molar-refractivity contribution in [2.24, 2.45) is 11.7 Å². The van der Waals surface area contributed by atoms with Crippen LogP contribution in [0.2, 0.25) is 0 Å². The molecule has 0 saturated heterocycles. The third-order valence-corrected chi connectivity index (χ3v) is 5.69. The highest BCUT2D eigenvalue weighted by Gasteiger charge is 2.19. The van der Waals surface area contributed by atoms with Gasteiger partial charge in [0, 0.05) is 5.41 Å². The van der Waals surface area contributed by atoms with Crippen molar-refractivity contribution in [3.8, 4) is 0 Å². The number of nitrogens with one attached hydrogen (secondary N) is 1. The predicted molar refractivity (Wildman–Crippen MR) is 112 cm³/mol. The zero-order valence-electron chi connectivity index (χ0n) is 16.3. The number of sulfone groups is 1. The van der Waals surface area contributed by atoms with E-state index in [4.69, 9.17) is 5.73 Å². The van der Waals surface area contributed by atoms with Gasteiger partial charge in [0.1, 0.15) is 0 Å². The Hall–Kier alpha value is -2.44. The monoisotopic (exact) mass is 400 g/mol.